The second-order valence-electron chi connectivity index (χ2n) is 7.01. The third-order valence-corrected chi connectivity index (χ3v) is 4.79. The Kier molecular flexibility index (Phi) is 5.46. The van der Waals surface area contributed by atoms with Crippen LogP contribution in [0.4, 0.5) is 20.7 Å². The minimum Gasteiger partial charge on any atom is -0.442 e. The number of hydrogen-bond acceptors (Lipinski definition) is 7. The third kappa shape index (κ3) is 4.17. The molecule has 1 aromatic carbocycles. The van der Waals surface area contributed by atoms with Crippen molar-refractivity contribution in [2.75, 3.05) is 36.0 Å². The number of amides is 1. The molecule has 0 aliphatic carbocycles. The van der Waals surface area contributed by atoms with E-state index < -0.39 is 18.0 Å². The molecule has 3 N–H and O–H groups in total. The average Bonchev–Trinajstić information content (AvgIpc) is 3.13. The van der Waals surface area contributed by atoms with Crippen molar-refractivity contribution in [1.82, 2.24) is 10.4 Å². The second-order valence-corrected chi connectivity index (χ2v) is 7.01. The Labute approximate surface area is 173 Å². The van der Waals surface area contributed by atoms with E-state index in [9.17, 15) is 9.18 Å². The summed E-state index contributed by atoms with van der Waals surface area (Å²) in [5.74, 6) is 0.712. The molecule has 30 heavy (non-hydrogen) atoms. The number of hydrazone groups is 1. The standard InChI is InChI=1S/C20H22FN7O2/c1-13(22)23-10-16-11-28(20(29)30-16)15-3-4-17(18(21)8-15)14-2-5-19(24-9-14)27-7-6-25-26-12-27/h2-5,8-9,12,16,25H,6-7,10-11H2,1H3,(H2,22,23). The zero-order chi connectivity index (χ0) is 21.1. The minimum absolute atomic E-state index is 0.279. The van der Waals surface area contributed by atoms with Crippen LogP contribution in [-0.2, 0) is 4.74 Å². The summed E-state index contributed by atoms with van der Waals surface area (Å²) < 4.78 is 20.1. The number of rotatable bonds is 5. The van der Waals surface area contributed by atoms with E-state index >= 15 is 0 Å². The fourth-order valence-electron chi connectivity index (χ4n) is 3.27. The van der Waals surface area contributed by atoms with Gasteiger partial charge in [0.25, 0.3) is 0 Å². The molecular weight excluding hydrogens is 389 g/mol. The van der Waals surface area contributed by atoms with E-state index in [0.717, 1.165) is 18.9 Å². The number of hydrogen-bond donors (Lipinski definition) is 2. The van der Waals surface area contributed by atoms with E-state index in [-0.39, 0.29) is 13.1 Å². The van der Waals surface area contributed by atoms with Crippen LogP contribution in [0, 0.1) is 5.82 Å². The molecule has 9 nitrogen and oxygen atoms in total. The third-order valence-electron chi connectivity index (χ3n) is 4.79. The molecule has 0 radical (unpaired) electrons. The lowest BCUT2D eigenvalue weighted by molar-refractivity contribution is 0.145. The molecule has 2 aromatic rings. The van der Waals surface area contributed by atoms with Crippen molar-refractivity contribution in [1.29, 1.82) is 0 Å². The number of benzene rings is 1. The monoisotopic (exact) mass is 411 g/mol. The average molecular weight is 411 g/mol. The van der Waals surface area contributed by atoms with Gasteiger partial charge in [0.1, 0.15) is 24.1 Å². The number of carbonyl (C=O) groups is 1. The van der Waals surface area contributed by atoms with Gasteiger partial charge in [-0.05, 0) is 37.3 Å². The Bertz CT molecular complexity index is 989. The first-order valence-electron chi connectivity index (χ1n) is 9.54. The number of carbonyl (C=O) groups excluding carboxylic acids is 1. The number of nitrogens with one attached hydrogen (secondary N) is 1. The van der Waals surface area contributed by atoms with Crippen molar-refractivity contribution in [2.24, 2.45) is 15.8 Å². The molecule has 156 valence electrons. The molecule has 4 rings (SSSR count). The maximum atomic E-state index is 14.8. The fourth-order valence-corrected chi connectivity index (χ4v) is 3.27. The molecule has 3 heterocycles. The summed E-state index contributed by atoms with van der Waals surface area (Å²) in [5, 5.41) is 4.00. The zero-order valence-corrected chi connectivity index (χ0v) is 16.5. The maximum absolute atomic E-state index is 14.8. The van der Waals surface area contributed by atoms with E-state index in [0.29, 0.717) is 22.6 Å². The van der Waals surface area contributed by atoms with Gasteiger partial charge in [-0.25, -0.2) is 14.2 Å². The van der Waals surface area contributed by atoms with Crippen LogP contribution in [0.2, 0.25) is 0 Å². The van der Waals surface area contributed by atoms with Crippen molar-refractivity contribution >= 4 is 29.8 Å². The molecule has 1 amide bonds. The molecular formula is C20H22FN7O2. The second kappa shape index (κ2) is 8.36. The first-order chi connectivity index (χ1) is 14.5. The highest BCUT2D eigenvalue weighted by Crippen LogP contribution is 2.29. The molecule has 1 unspecified atom stereocenters. The SMILES string of the molecule is CC(N)=NCC1CN(c2ccc(-c3ccc(N4C=NNCC4)nc3)c(F)c2)C(=O)O1. The lowest BCUT2D eigenvalue weighted by atomic mass is 10.1. The number of ether oxygens (including phenoxy) is 1. The highest BCUT2D eigenvalue weighted by molar-refractivity contribution is 5.90. The summed E-state index contributed by atoms with van der Waals surface area (Å²) in [6, 6.07) is 8.28. The number of nitrogens with two attached hydrogens (primary N) is 1. The smallest absolute Gasteiger partial charge is 0.414 e. The number of halogens is 1. The zero-order valence-electron chi connectivity index (χ0n) is 16.5. The van der Waals surface area contributed by atoms with Gasteiger partial charge in [-0.3, -0.25) is 9.89 Å². The number of aliphatic imine (C=N–C) groups is 1. The summed E-state index contributed by atoms with van der Waals surface area (Å²) in [4.78, 5) is 23.9. The molecule has 2 aliphatic rings. The lowest BCUT2D eigenvalue weighted by Gasteiger charge is -2.21. The van der Waals surface area contributed by atoms with Crippen molar-refractivity contribution in [3.63, 3.8) is 0 Å². The quantitative estimate of drug-likeness (QED) is 0.575. The Morgan fingerprint density at radius 2 is 2.27 bits per heavy atom. The summed E-state index contributed by atoms with van der Waals surface area (Å²) in [6.45, 7) is 3.72. The highest BCUT2D eigenvalue weighted by Gasteiger charge is 2.32. The first kappa shape index (κ1) is 19.6. The predicted molar refractivity (Wildman–Crippen MR) is 113 cm³/mol. The van der Waals surface area contributed by atoms with Crippen LogP contribution in [0.5, 0.6) is 0 Å². The van der Waals surface area contributed by atoms with Crippen LogP contribution in [0.1, 0.15) is 6.92 Å². The van der Waals surface area contributed by atoms with Gasteiger partial charge in [-0.15, -0.1) is 0 Å². The van der Waals surface area contributed by atoms with Gasteiger partial charge in [0.2, 0.25) is 0 Å². The van der Waals surface area contributed by atoms with Gasteiger partial charge in [0, 0.05) is 23.9 Å². The van der Waals surface area contributed by atoms with E-state index in [1.54, 1.807) is 31.6 Å². The van der Waals surface area contributed by atoms with Crippen molar-refractivity contribution in [2.45, 2.75) is 13.0 Å². The van der Waals surface area contributed by atoms with E-state index in [1.165, 1.54) is 11.0 Å². The predicted octanol–water partition coefficient (Wildman–Crippen LogP) is 1.94. The molecule has 1 fully saturated rings. The van der Waals surface area contributed by atoms with Crippen LogP contribution in [0.15, 0.2) is 46.6 Å². The number of pyridine rings is 1. The molecule has 10 heteroatoms. The number of amidine groups is 1. The first-order valence-corrected chi connectivity index (χ1v) is 9.54. The molecule has 2 aliphatic heterocycles. The largest absolute Gasteiger partial charge is 0.442 e. The molecule has 0 bridgehead atoms. The Hall–Kier alpha value is -3.69. The van der Waals surface area contributed by atoms with E-state index in [1.807, 2.05) is 17.0 Å². The summed E-state index contributed by atoms with van der Waals surface area (Å²) in [5.41, 5.74) is 9.88. The van der Waals surface area contributed by atoms with Gasteiger partial charge in [0.15, 0.2) is 0 Å². The van der Waals surface area contributed by atoms with Crippen LogP contribution in [0.3, 0.4) is 0 Å². The van der Waals surface area contributed by atoms with E-state index in [2.05, 4.69) is 20.5 Å². The van der Waals surface area contributed by atoms with Gasteiger partial charge in [0.05, 0.1) is 31.2 Å². The molecule has 1 saturated heterocycles. The molecule has 0 spiro atoms. The number of cyclic esters (lactones) is 1. The summed E-state index contributed by atoms with van der Waals surface area (Å²) in [7, 11) is 0. The molecule has 1 aromatic heterocycles. The maximum Gasteiger partial charge on any atom is 0.414 e. The van der Waals surface area contributed by atoms with Crippen molar-refractivity contribution in [3.05, 3.63) is 42.3 Å². The van der Waals surface area contributed by atoms with Crippen LogP contribution >= 0.6 is 0 Å². The van der Waals surface area contributed by atoms with E-state index in [4.69, 9.17) is 10.5 Å². The summed E-state index contributed by atoms with van der Waals surface area (Å²) >= 11 is 0. The Balaban J connectivity index is 1.49. The number of anilines is 2. The van der Waals surface area contributed by atoms with Crippen molar-refractivity contribution in [3.8, 4) is 11.1 Å². The van der Waals surface area contributed by atoms with Crippen LogP contribution < -0.4 is 21.0 Å². The van der Waals surface area contributed by atoms with Gasteiger partial charge in [-0.2, -0.15) is 5.10 Å². The summed E-state index contributed by atoms with van der Waals surface area (Å²) in [6.07, 6.45) is 2.35. The highest BCUT2D eigenvalue weighted by atomic mass is 19.1. The topological polar surface area (TPSA) is 108 Å². The Morgan fingerprint density at radius 1 is 1.40 bits per heavy atom. The number of nitrogens with zero attached hydrogens (tertiary/aromatic N) is 5. The van der Waals surface area contributed by atoms with Gasteiger partial charge >= 0.3 is 6.09 Å². The normalized spacial score (nSPS) is 19.1. The number of aromatic nitrogens is 1. The van der Waals surface area contributed by atoms with Crippen LogP contribution in [-0.4, -0.2) is 55.5 Å². The van der Waals surface area contributed by atoms with Gasteiger partial charge < -0.3 is 20.8 Å². The lowest BCUT2D eigenvalue weighted by Crippen LogP contribution is -2.35. The molecule has 0 saturated carbocycles. The van der Waals surface area contributed by atoms with Crippen LogP contribution in [0.25, 0.3) is 11.1 Å². The molecule has 1 atom stereocenters. The Morgan fingerprint density at radius 3 is 2.93 bits per heavy atom. The van der Waals surface area contributed by atoms with Gasteiger partial charge in [-0.1, -0.05) is 0 Å². The fraction of sp³-hybridized carbons (Fsp3) is 0.300. The van der Waals surface area contributed by atoms with Crippen molar-refractivity contribution < 1.29 is 13.9 Å². The minimum atomic E-state index is -0.527.